The Morgan fingerprint density at radius 1 is 1.37 bits per heavy atom. The minimum Gasteiger partial charge on any atom is -0.444 e. The van der Waals surface area contributed by atoms with Gasteiger partial charge in [-0.1, -0.05) is 48.5 Å². The van der Waals surface area contributed by atoms with Crippen LogP contribution in [0.3, 0.4) is 0 Å². The molecular formula is C25H32ClNO3. The van der Waals surface area contributed by atoms with Crippen molar-refractivity contribution in [1.29, 1.82) is 0 Å². The summed E-state index contributed by atoms with van der Waals surface area (Å²) in [7, 11) is 0. The van der Waals surface area contributed by atoms with Crippen molar-refractivity contribution in [3.8, 4) is 0 Å². The first-order chi connectivity index (χ1) is 14.1. The molecule has 1 aromatic carbocycles. The second kappa shape index (κ2) is 8.60. The Morgan fingerprint density at radius 2 is 2.07 bits per heavy atom. The van der Waals surface area contributed by atoms with Crippen molar-refractivity contribution in [3.05, 3.63) is 70.8 Å². The van der Waals surface area contributed by atoms with Crippen LogP contribution in [0.15, 0.2) is 59.7 Å². The molecule has 30 heavy (non-hydrogen) atoms. The third-order valence-corrected chi connectivity index (χ3v) is 5.91. The molecule has 2 aliphatic rings. The predicted octanol–water partition coefficient (Wildman–Crippen LogP) is 6.63. The van der Waals surface area contributed by atoms with E-state index in [-0.39, 0.29) is 18.2 Å². The summed E-state index contributed by atoms with van der Waals surface area (Å²) in [5.74, 6) is 0. The largest absolute Gasteiger partial charge is 0.444 e. The van der Waals surface area contributed by atoms with E-state index in [1.165, 1.54) is 11.1 Å². The number of carbonyl (C=O) groups excluding carboxylic acids is 1. The second-order valence-electron chi connectivity index (χ2n) is 9.23. The number of halogens is 1. The Labute approximate surface area is 185 Å². The fraction of sp³-hybridized carbons (Fsp3) is 0.480. The number of ether oxygens (including phenoxy) is 2. The normalized spacial score (nSPS) is 27.2. The third kappa shape index (κ3) is 4.65. The minimum atomic E-state index is -0.506. The van der Waals surface area contributed by atoms with Crippen LogP contribution in [-0.2, 0) is 15.1 Å². The molecule has 0 aromatic heterocycles. The molecule has 1 fully saturated rings. The maximum atomic E-state index is 12.7. The zero-order valence-electron chi connectivity index (χ0n) is 18.6. The van der Waals surface area contributed by atoms with Crippen molar-refractivity contribution in [2.75, 3.05) is 6.54 Å². The predicted molar refractivity (Wildman–Crippen MR) is 121 cm³/mol. The van der Waals surface area contributed by atoms with Crippen LogP contribution in [0.1, 0.15) is 64.7 Å². The summed E-state index contributed by atoms with van der Waals surface area (Å²) in [4.78, 5) is 14.5. The van der Waals surface area contributed by atoms with Crippen LogP contribution in [0, 0.1) is 0 Å². The Bertz CT molecular complexity index is 883. The molecule has 3 atom stereocenters. The van der Waals surface area contributed by atoms with Crippen LogP contribution in [-0.4, -0.2) is 29.2 Å². The van der Waals surface area contributed by atoms with Crippen LogP contribution < -0.4 is 0 Å². The summed E-state index contributed by atoms with van der Waals surface area (Å²) in [6.07, 6.45) is 6.41. The lowest BCUT2D eigenvalue weighted by atomic mass is 9.80. The summed E-state index contributed by atoms with van der Waals surface area (Å²) >= 11 is 6.29. The third-order valence-electron chi connectivity index (χ3n) is 5.68. The molecule has 2 heterocycles. The number of fused-ring (bicyclic) bond motifs is 2. The molecule has 1 saturated heterocycles. The Hall–Kier alpha value is -2.04. The van der Waals surface area contributed by atoms with E-state index in [4.69, 9.17) is 21.1 Å². The summed E-state index contributed by atoms with van der Waals surface area (Å²) in [5.41, 5.74) is 2.51. The first-order valence-electron chi connectivity index (χ1n) is 10.5. The SMILES string of the molecule is C=C/C=C(Cl)\C=C(/C)C1OC2(CCN(C(=O)OC(C)(C)C)C(C)C2)c2ccccc21. The number of allylic oxidation sites excluding steroid dienone is 4. The molecule has 0 saturated carbocycles. The van der Waals surface area contributed by atoms with Gasteiger partial charge in [-0.3, -0.25) is 0 Å². The molecule has 1 aromatic rings. The van der Waals surface area contributed by atoms with E-state index in [1.54, 1.807) is 12.2 Å². The number of piperidine rings is 1. The highest BCUT2D eigenvalue weighted by atomic mass is 35.5. The van der Waals surface area contributed by atoms with E-state index in [1.807, 2.05) is 44.7 Å². The summed E-state index contributed by atoms with van der Waals surface area (Å²) in [6, 6.07) is 8.39. The minimum absolute atomic E-state index is 0.00828. The molecule has 0 N–H and O–H groups in total. The maximum Gasteiger partial charge on any atom is 0.410 e. The van der Waals surface area contributed by atoms with Gasteiger partial charge in [-0.2, -0.15) is 0 Å². The Kier molecular flexibility index (Phi) is 6.49. The summed E-state index contributed by atoms with van der Waals surface area (Å²) in [6.45, 7) is 14.1. The van der Waals surface area contributed by atoms with Crippen molar-refractivity contribution in [1.82, 2.24) is 4.90 Å². The van der Waals surface area contributed by atoms with E-state index >= 15 is 0 Å². The molecular weight excluding hydrogens is 398 g/mol. The van der Waals surface area contributed by atoms with Gasteiger partial charge in [0, 0.05) is 24.0 Å². The molecule has 0 aliphatic carbocycles. The average Bonchev–Trinajstić information content (AvgIpc) is 2.95. The van der Waals surface area contributed by atoms with Gasteiger partial charge in [-0.05, 0) is 69.9 Å². The van der Waals surface area contributed by atoms with Gasteiger partial charge in [0.05, 0.1) is 5.60 Å². The van der Waals surface area contributed by atoms with Crippen molar-refractivity contribution < 1.29 is 14.3 Å². The lowest BCUT2D eigenvalue weighted by molar-refractivity contribution is -0.110. The molecule has 3 rings (SSSR count). The smallest absolute Gasteiger partial charge is 0.410 e. The van der Waals surface area contributed by atoms with E-state index in [0.717, 1.165) is 18.4 Å². The average molecular weight is 430 g/mol. The lowest BCUT2D eigenvalue weighted by Gasteiger charge is -2.44. The van der Waals surface area contributed by atoms with Crippen LogP contribution in [0.4, 0.5) is 4.79 Å². The van der Waals surface area contributed by atoms with Gasteiger partial charge in [0.1, 0.15) is 11.7 Å². The fourth-order valence-electron chi connectivity index (χ4n) is 4.44. The molecule has 162 valence electrons. The molecule has 4 nitrogen and oxygen atoms in total. The first kappa shape index (κ1) is 22.6. The van der Waals surface area contributed by atoms with Gasteiger partial charge >= 0.3 is 6.09 Å². The zero-order chi connectivity index (χ0) is 22.1. The topological polar surface area (TPSA) is 38.8 Å². The van der Waals surface area contributed by atoms with Crippen molar-refractivity contribution >= 4 is 17.7 Å². The molecule has 3 unspecified atom stereocenters. The molecule has 5 heteroatoms. The van der Waals surface area contributed by atoms with Gasteiger partial charge in [0.25, 0.3) is 0 Å². The highest BCUT2D eigenvalue weighted by molar-refractivity contribution is 6.31. The Morgan fingerprint density at radius 3 is 2.70 bits per heavy atom. The molecule has 0 bridgehead atoms. The van der Waals surface area contributed by atoms with Crippen LogP contribution in [0.2, 0.25) is 0 Å². The molecule has 2 aliphatic heterocycles. The van der Waals surface area contributed by atoms with E-state index in [2.05, 4.69) is 31.7 Å². The number of amides is 1. The molecule has 1 amide bonds. The van der Waals surface area contributed by atoms with Gasteiger partial charge in [-0.15, -0.1) is 0 Å². The summed E-state index contributed by atoms with van der Waals surface area (Å²) < 4.78 is 12.3. The summed E-state index contributed by atoms with van der Waals surface area (Å²) in [5, 5.41) is 0.623. The van der Waals surface area contributed by atoms with Crippen LogP contribution in [0.5, 0.6) is 0 Å². The van der Waals surface area contributed by atoms with E-state index in [9.17, 15) is 4.79 Å². The monoisotopic (exact) mass is 429 g/mol. The van der Waals surface area contributed by atoms with Gasteiger partial charge in [-0.25, -0.2) is 4.79 Å². The number of nitrogens with zero attached hydrogens (tertiary/aromatic N) is 1. The number of hydrogen-bond acceptors (Lipinski definition) is 3. The fourth-order valence-corrected chi connectivity index (χ4v) is 4.70. The lowest BCUT2D eigenvalue weighted by Crippen LogP contribution is -2.51. The van der Waals surface area contributed by atoms with Gasteiger partial charge < -0.3 is 14.4 Å². The molecule has 1 spiro atoms. The highest BCUT2D eigenvalue weighted by Gasteiger charge is 2.50. The standard InChI is InChI=1S/C25H32ClNO3/c1-7-10-19(26)15-17(2)22-20-11-8-9-12-21(20)25(29-22)13-14-27(18(3)16-25)23(28)30-24(4,5)6/h7-12,15,18,22H,1,13-14,16H2,2-6H3/b17-15+,19-10+. The number of rotatable bonds is 3. The highest BCUT2D eigenvalue weighted by Crippen LogP contribution is 2.52. The van der Waals surface area contributed by atoms with Crippen molar-refractivity contribution in [2.24, 2.45) is 0 Å². The quantitative estimate of drug-likeness (QED) is 0.506. The van der Waals surface area contributed by atoms with Gasteiger partial charge in [0.15, 0.2) is 0 Å². The van der Waals surface area contributed by atoms with Crippen LogP contribution in [0.25, 0.3) is 0 Å². The van der Waals surface area contributed by atoms with Crippen molar-refractivity contribution in [3.63, 3.8) is 0 Å². The second-order valence-corrected chi connectivity index (χ2v) is 9.67. The van der Waals surface area contributed by atoms with Crippen molar-refractivity contribution in [2.45, 2.75) is 70.8 Å². The van der Waals surface area contributed by atoms with E-state index in [0.29, 0.717) is 11.6 Å². The number of benzene rings is 1. The van der Waals surface area contributed by atoms with Crippen LogP contribution >= 0.6 is 11.6 Å². The number of likely N-dealkylation sites (tertiary alicyclic amines) is 1. The Balaban J connectivity index is 1.86. The maximum absolute atomic E-state index is 12.7. The first-order valence-corrected chi connectivity index (χ1v) is 10.9. The van der Waals surface area contributed by atoms with Gasteiger partial charge in [0.2, 0.25) is 0 Å². The van der Waals surface area contributed by atoms with E-state index < -0.39 is 11.2 Å². The zero-order valence-corrected chi connectivity index (χ0v) is 19.3. The number of hydrogen-bond donors (Lipinski definition) is 0. The number of carbonyl (C=O) groups is 1. The molecule has 0 radical (unpaired) electrons.